The molecule has 0 saturated heterocycles. The minimum Gasteiger partial charge on any atom is -0.385 e. The molecule has 1 atom stereocenters. The second-order valence-electron chi connectivity index (χ2n) is 5.53. The summed E-state index contributed by atoms with van der Waals surface area (Å²) < 4.78 is 2.03. The Morgan fingerprint density at radius 2 is 1.81 bits per heavy atom. The van der Waals surface area contributed by atoms with E-state index in [1.165, 1.54) is 0 Å². The zero-order chi connectivity index (χ0) is 15.0. The number of para-hydroxylation sites is 2. The van der Waals surface area contributed by atoms with Gasteiger partial charge in [-0.3, -0.25) is 0 Å². The summed E-state index contributed by atoms with van der Waals surface area (Å²) in [7, 11) is 1.97. The van der Waals surface area contributed by atoms with Crippen molar-refractivity contribution in [2.24, 2.45) is 7.05 Å². The van der Waals surface area contributed by atoms with Crippen molar-refractivity contribution in [1.82, 2.24) is 9.55 Å². The van der Waals surface area contributed by atoms with Crippen LogP contribution in [0.15, 0.2) is 48.5 Å². The Balaban J connectivity index is 1.96. The van der Waals surface area contributed by atoms with Crippen LogP contribution < -0.4 is 0 Å². The fourth-order valence-corrected chi connectivity index (χ4v) is 2.70. The van der Waals surface area contributed by atoms with Crippen molar-refractivity contribution >= 4 is 22.6 Å². The minimum atomic E-state index is -0.986. The third-order valence-corrected chi connectivity index (χ3v) is 4.10. The van der Waals surface area contributed by atoms with E-state index in [0.717, 1.165) is 22.4 Å². The molecule has 0 aliphatic carbocycles. The molecule has 2 aromatic carbocycles. The van der Waals surface area contributed by atoms with Gasteiger partial charge in [0, 0.05) is 18.5 Å². The van der Waals surface area contributed by atoms with E-state index < -0.39 is 5.60 Å². The molecule has 0 amide bonds. The molecule has 1 heterocycles. The van der Waals surface area contributed by atoms with E-state index in [9.17, 15) is 5.11 Å². The molecule has 0 spiro atoms. The first-order valence-electron chi connectivity index (χ1n) is 6.86. The van der Waals surface area contributed by atoms with Gasteiger partial charge in [-0.25, -0.2) is 4.98 Å². The van der Waals surface area contributed by atoms with E-state index in [1.807, 2.05) is 48.0 Å². The van der Waals surface area contributed by atoms with Crippen LogP contribution in [0.1, 0.15) is 18.3 Å². The molecule has 0 bridgehead atoms. The van der Waals surface area contributed by atoms with E-state index in [-0.39, 0.29) is 0 Å². The summed E-state index contributed by atoms with van der Waals surface area (Å²) in [6.07, 6.45) is 0.444. The van der Waals surface area contributed by atoms with Crippen LogP contribution in [-0.2, 0) is 19.1 Å². The molecule has 3 rings (SSSR count). The van der Waals surface area contributed by atoms with Gasteiger partial charge in [-0.15, -0.1) is 0 Å². The standard InChI is InChI=1S/C17H17ClN2O/c1-17(21,12-7-9-13(18)10-8-12)11-16-19-14-5-3-4-6-15(14)20(16)2/h3-10,21H,11H2,1-2H3. The van der Waals surface area contributed by atoms with E-state index in [0.29, 0.717) is 11.4 Å². The molecule has 3 nitrogen and oxygen atoms in total. The first kappa shape index (κ1) is 14.1. The van der Waals surface area contributed by atoms with E-state index in [2.05, 4.69) is 4.98 Å². The van der Waals surface area contributed by atoms with Crippen molar-refractivity contribution in [3.63, 3.8) is 0 Å². The Hall–Kier alpha value is -1.84. The molecule has 21 heavy (non-hydrogen) atoms. The van der Waals surface area contributed by atoms with Gasteiger partial charge in [-0.05, 0) is 36.8 Å². The molecule has 0 fully saturated rings. The van der Waals surface area contributed by atoms with Gasteiger partial charge in [0.05, 0.1) is 16.6 Å². The molecule has 0 radical (unpaired) electrons. The number of hydrogen-bond donors (Lipinski definition) is 1. The molecule has 1 N–H and O–H groups in total. The number of aryl methyl sites for hydroxylation is 1. The molecule has 1 aromatic heterocycles. The Bertz CT molecular complexity index is 775. The Labute approximate surface area is 128 Å². The van der Waals surface area contributed by atoms with Crippen LogP contribution in [0.5, 0.6) is 0 Å². The van der Waals surface area contributed by atoms with Gasteiger partial charge in [0.2, 0.25) is 0 Å². The quantitative estimate of drug-likeness (QED) is 0.801. The number of hydrogen-bond acceptors (Lipinski definition) is 2. The monoisotopic (exact) mass is 300 g/mol. The van der Waals surface area contributed by atoms with Crippen LogP contribution in [0.3, 0.4) is 0 Å². The maximum atomic E-state index is 10.8. The van der Waals surface area contributed by atoms with Crippen LogP contribution in [0.2, 0.25) is 5.02 Å². The van der Waals surface area contributed by atoms with Crippen molar-refractivity contribution in [2.45, 2.75) is 18.9 Å². The summed E-state index contributed by atoms with van der Waals surface area (Å²) in [5.74, 6) is 0.858. The minimum absolute atomic E-state index is 0.444. The highest BCUT2D eigenvalue weighted by Gasteiger charge is 2.26. The third-order valence-electron chi connectivity index (χ3n) is 3.85. The first-order valence-corrected chi connectivity index (χ1v) is 7.24. The van der Waals surface area contributed by atoms with Crippen molar-refractivity contribution in [2.75, 3.05) is 0 Å². The zero-order valence-electron chi connectivity index (χ0n) is 12.0. The van der Waals surface area contributed by atoms with Gasteiger partial charge in [0.25, 0.3) is 0 Å². The van der Waals surface area contributed by atoms with Crippen molar-refractivity contribution < 1.29 is 5.11 Å². The molecule has 0 saturated carbocycles. The van der Waals surface area contributed by atoms with Gasteiger partial charge in [-0.1, -0.05) is 35.9 Å². The number of benzene rings is 2. The molecule has 0 aliphatic rings. The lowest BCUT2D eigenvalue weighted by atomic mass is 9.92. The van der Waals surface area contributed by atoms with E-state index in [4.69, 9.17) is 11.6 Å². The molecular formula is C17H17ClN2O. The third kappa shape index (κ3) is 2.67. The largest absolute Gasteiger partial charge is 0.385 e. The van der Waals surface area contributed by atoms with Crippen LogP contribution in [-0.4, -0.2) is 14.7 Å². The molecule has 0 aliphatic heterocycles. The lowest BCUT2D eigenvalue weighted by molar-refractivity contribution is 0.0549. The number of rotatable bonds is 3. The zero-order valence-corrected chi connectivity index (χ0v) is 12.8. The summed E-state index contributed by atoms with van der Waals surface area (Å²) in [5.41, 5.74) is 1.86. The molecule has 108 valence electrons. The second-order valence-corrected chi connectivity index (χ2v) is 5.97. The van der Waals surface area contributed by atoms with Crippen LogP contribution in [0.25, 0.3) is 11.0 Å². The highest BCUT2D eigenvalue weighted by atomic mass is 35.5. The van der Waals surface area contributed by atoms with Crippen LogP contribution in [0.4, 0.5) is 0 Å². The SMILES string of the molecule is Cn1c(CC(C)(O)c2ccc(Cl)cc2)nc2ccccc21. The number of aliphatic hydroxyl groups is 1. The predicted molar refractivity (Wildman–Crippen MR) is 85.4 cm³/mol. The molecule has 4 heteroatoms. The topological polar surface area (TPSA) is 38.0 Å². The lowest BCUT2D eigenvalue weighted by Gasteiger charge is -2.23. The van der Waals surface area contributed by atoms with Gasteiger partial charge in [0.15, 0.2) is 0 Å². The molecule has 3 aromatic rings. The number of aromatic nitrogens is 2. The van der Waals surface area contributed by atoms with E-state index in [1.54, 1.807) is 19.1 Å². The number of halogens is 1. The predicted octanol–water partition coefficient (Wildman–Crippen LogP) is 3.68. The average molecular weight is 301 g/mol. The summed E-state index contributed by atoms with van der Waals surface area (Å²) in [4.78, 5) is 4.62. The van der Waals surface area contributed by atoms with Gasteiger partial charge >= 0.3 is 0 Å². The molecule has 1 unspecified atom stereocenters. The second kappa shape index (κ2) is 5.17. The maximum absolute atomic E-state index is 10.8. The normalized spacial score (nSPS) is 14.3. The summed E-state index contributed by atoms with van der Waals surface area (Å²) >= 11 is 5.90. The van der Waals surface area contributed by atoms with Crippen molar-refractivity contribution in [3.05, 3.63) is 64.9 Å². The maximum Gasteiger partial charge on any atom is 0.112 e. The Kier molecular flexibility index (Phi) is 3.47. The molecular weight excluding hydrogens is 284 g/mol. The van der Waals surface area contributed by atoms with Gasteiger partial charge in [-0.2, -0.15) is 0 Å². The Morgan fingerprint density at radius 3 is 2.48 bits per heavy atom. The van der Waals surface area contributed by atoms with Crippen molar-refractivity contribution in [3.8, 4) is 0 Å². The number of fused-ring (bicyclic) bond motifs is 1. The van der Waals surface area contributed by atoms with Gasteiger partial charge in [0.1, 0.15) is 5.82 Å². The summed E-state index contributed by atoms with van der Waals surface area (Å²) in [6, 6.07) is 15.3. The average Bonchev–Trinajstić information content (AvgIpc) is 2.76. The van der Waals surface area contributed by atoms with Crippen LogP contribution >= 0.6 is 11.6 Å². The van der Waals surface area contributed by atoms with Gasteiger partial charge < -0.3 is 9.67 Å². The highest BCUT2D eigenvalue weighted by molar-refractivity contribution is 6.30. The Morgan fingerprint density at radius 1 is 1.14 bits per heavy atom. The number of nitrogens with zero attached hydrogens (tertiary/aromatic N) is 2. The summed E-state index contributed by atoms with van der Waals surface area (Å²) in [6.45, 7) is 1.80. The summed E-state index contributed by atoms with van der Waals surface area (Å²) in [5, 5.41) is 11.4. The fourth-order valence-electron chi connectivity index (χ4n) is 2.57. The van der Waals surface area contributed by atoms with Crippen LogP contribution in [0, 0.1) is 0 Å². The highest BCUT2D eigenvalue weighted by Crippen LogP contribution is 2.27. The number of imidazole rings is 1. The van der Waals surface area contributed by atoms with Crippen molar-refractivity contribution in [1.29, 1.82) is 0 Å². The fraction of sp³-hybridized carbons (Fsp3) is 0.235. The van der Waals surface area contributed by atoms with E-state index >= 15 is 0 Å². The smallest absolute Gasteiger partial charge is 0.112 e. The first-order chi connectivity index (χ1) is 9.97. The lowest BCUT2D eigenvalue weighted by Crippen LogP contribution is -2.25.